The Morgan fingerprint density at radius 2 is 1.80 bits per heavy atom. The molecule has 0 unspecified atom stereocenters. The molecule has 0 aliphatic carbocycles. The van der Waals surface area contributed by atoms with E-state index >= 15 is 0 Å². The third-order valence-electron chi connectivity index (χ3n) is 1.63. The average Bonchev–Trinajstić information content (AvgIpc) is 1.88. The van der Waals surface area contributed by atoms with Gasteiger partial charge in [0.1, 0.15) is 6.61 Å². The fourth-order valence-corrected chi connectivity index (χ4v) is 0.955. The highest BCUT2D eigenvalue weighted by molar-refractivity contribution is 5.28. The molecule has 0 aliphatic heterocycles. The summed E-state index contributed by atoms with van der Waals surface area (Å²) in [5.41, 5.74) is 2.88. The second-order valence-corrected chi connectivity index (χ2v) is 2.40. The quantitative estimate of drug-likeness (QED) is 0.577. The highest BCUT2D eigenvalue weighted by Gasteiger charge is 1.99. The third kappa shape index (κ3) is 1.16. The van der Waals surface area contributed by atoms with Gasteiger partial charge in [-0.1, -0.05) is 0 Å². The first kappa shape index (κ1) is 7.22. The van der Waals surface area contributed by atoms with E-state index in [9.17, 15) is 5.11 Å². The number of rotatable bonds is 1. The molecule has 0 amide bonds. The molecule has 1 aromatic rings. The van der Waals surface area contributed by atoms with Crippen molar-refractivity contribution in [3.63, 3.8) is 0 Å². The van der Waals surface area contributed by atoms with E-state index in [4.69, 9.17) is 0 Å². The van der Waals surface area contributed by atoms with E-state index in [1.807, 2.05) is 13.8 Å². The summed E-state index contributed by atoms with van der Waals surface area (Å²) in [4.78, 5) is 3.95. The van der Waals surface area contributed by atoms with Crippen LogP contribution in [0.5, 0.6) is 0 Å². The van der Waals surface area contributed by atoms with Gasteiger partial charge in [-0.2, -0.15) is 0 Å². The second kappa shape index (κ2) is 2.80. The maximum absolute atomic E-state index is 10.5. The van der Waals surface area contributed by atoms with Crippen molar-refractivity contribution in [3.05, 3.63) is 29.1 Å². The van der Waals surface area contributed by atoms with Gasteiger partial charge in [-0.15, -0.1) is 0 Å². The van der Waals surface area contributed by atoms with Gasteiger partial charge in [0.2, 0.25) is 0 Å². The molecule has 53 valence electrons. The molecule has 1 radical (unpaired) electrons. The van der Waals surface area contributed by atoms with Gasteiger partial charge < -0.3 is 0 Å². The number of hydrogen-bond donors (Lipinski definition) is 0. The van der Waals surface area contributed by atoms with Crippen LogP contribution in [0, 0.1) is 13.8 Å². The van der Waals surface area contributed by atoms with Crippen LogP contribution in [0.25, 0.3) is 0 Å². The van der Waals surface area contributed by atoms with Gasteiger partial charge in [-0.25, -0.2) is 5.11 Å². The third-order valence-corrected chi connectivity index (χ3v) is 1.63. The second-order valence-electron chi connectivity index (χ2n) is 2.40. The van der Waals surface area contributed by atoms with Gasteiger partial charge in [0.25, 0.3) is 0 Å². The van der Waals surface area contributed by atoms with Crippen molar-refractivity contribution < 1.29 is 5.11 Å². The molecule has 0 fully saturated rings. The van der Waals surface area contributed by atoms with Crippen molar-refractivity contribution in [2.24, 2.45) is 0 Å². The Morgan fingerprint density at radius 1 is 1.30 bits per heavy atom. The van der Waals surface area contributed by atoms with Crippen molar-refractivity contribution in [2.45, 2.75) is 20.5 Å². The maximum Gasteiger partial charge on any atom is 0.108 e. The number of pyridine rings is 1. The van der Waals surface area contributed by atoms with Crippen molar-refractivity contribution >= 4 is 0 Å². The first-order chi connectivity index (χ1) is 4.75. The minimum absolute atomic E-state index is 0.139. The summed E-state index contributed by atoms with van der Waals surface area (Å²) in [7, 11) is 0. The summed E-state index contributed by atoms with van der Waals surface area (Å²) < 4.78 is 0. The highest BCUT2D eigenvalue weighted by atomic mass is 16.3. The molecule has 1 aromatic heterocycles. The molecule has 0 bridgehead atoms. The van der Waals surface area contributed by atoms with E-state index in [0.717, 1.165) is 16.7 Å². The molecule has 0 saturated carbocycles. The molecule has 0 saturated heterocycles. The summed E-state index contributed by atoms with van der Waals surface area (Å²) in [6.07, 6.45) is 3.44. The van der Waals surface area contributed by atoms with E-state index in [-0.39, 0.29) is 6.61 Å². The summed E-state index contributed by atoms with van der Waals surface area (Å²) in [6.45, 7) is 3.68. The van der Waals surface area contributed by atoms with Gasteiger partial charge in [-0.3, -0.25) is 4.98 Å². The number of aromatic nitrogens is 1. The Balaban J connectivity index is 3.17. The molecular formula is C8H10NO. The molecule has 0 atom stereocenters. The first-order valence-corrected chi connectivity index (χ1v) is 3.24. The predicted molar refractivity (Wildman–Crippen MR) is 38.1 cm³/mol. The van der Waals surface area contributed by atoms with E-state index in [2.05, 4.69) is 4.98 Å². The molecule has 0 aliphatic rings. The smallest absolute Gasteiger partial charge is 0.108 e. The normalized spacial score (nSPS) is 9.90. The van der Waals surface area contributed by atoms with Crippen LogP contribution < -0.4 is 0 Å². The standard InChI is InChI=1S/C8H10NO/c1-6-3-9-4-7(2)8(6)5-10/h3-4H,5H2,1-2H3. The fraction of sp³-hybridized carbons (Fsp3) is 0.375. The van der Waals surface area contributed by atoms with Crippen LogP contribution in [0.15, 0.2) is 12.4 Å². The molecular weight excluding hydrogens is 126 g/mol. The molecule has 2 nitrogen and oxygen atoms in total. The van der Waals surface area contributed by atoms with Crippen LogP contribution in [0.1, 0.15) is 16.7 Å². The van der Waals surface area contributed by atoms with Crippen molar-refractivity contribution in [3.8, 4) is 0 Å². The summed E-state index contributed by atoms with van der Waals surface area (Å²) in [6, 6.07) is 0. The van der Waals surface area contributed by atoms with Gasteiger partial charge in [0, 0.05) is 12.4 Å². The molecule has 10 heavy (non-hydrogen) atoms. The SMILES string of the molecule is Cc1cncc(C)c1C[O]. The van der Waals surface area contributed by atoms with E-state index < -0.39 is 0 Å². The van der Waals surface area contributed by atoms with Crippen LogP contribution in [0.4, 0.5) is 0 Å². The van der Waals surface area contributed by atoms with E-state index in [1.54, 1.807) is 12.4 Å². The molecule has 0 spiro atoms. The fourth-order valence-electron chi connectivity index (χ4n) is 0.955. The topological polar surface area (TPSA) is 32.8 Å². The lowest BCUT2D eigenvalue weighted by atomic mass is 10.1. The predicted octanol–water partition coefficient (Wildman–Crippen LogP) is 1.63. The minimum Gasteiger partial charge on any atom is -0.264 e. The average molecular weight is 136 g/mol. The van der Waals surface area contributed by atoms with Crippen LogP contribution in [0.3, 0.4) is 0 Å². The van der Waals surface area contributed by atoms with Crippen LogP contribution in [-0.2, 0) is 11.7 Å². The van der Waals surface area contributed by atoms with Crippen molar-refractivity contribution in [1.82, 2.24) is 4.98 Å². The van der Waals surface area contributed by atoms with E-state index in [1.165, 1.54) is 0 Å². The Morgan fingerprint density at radius 3 is 2.10 bits per heavy atom. The van der Waals surface area contributed by atoms with Crippen molar-refractivity contribution in [2.75, 3.05) is 0 Å². The monoisotopic (exact) mass is 136 g/mol. The lowest BCUT2D eigenvalue weighted by Gasteiger charge is -2.02. The number of nitrogens with zero attached hydrogens (tertiary/aromatic N) is 1. The summed E-state index contributed by atoms with van der Waals surface area (Å²) >= 11 is 0. The van der Waals surface area contributed by atoms with Gasteiger partial charge >= 0.3 is 0 Å². The minimum atomic E-state index is -0.139. The van der Waals surface area contributed by atoms with Crippen LogP contribution in [0.2, 0.25) is 0 Å². The largest absolute Gasteiger partial charge is 0.264 e. The molecule has 2 heteroatoms. The summed E-state index contributed by atoms with van der Waals surface area (Å²) in [5.74, 6) is 0. The number of aryl methyl sites for hydroxylation is 2. The lowest BCUT2D eigenvalue weighted by Crippen LogP contribution is -1.92. The van der Waals surface area contributed by atoms with Gasteiger partial charge in [0.15, 0.2) is 0 Å². The molecule has 0 N–H and O–H groups in total. The van der Waals surface area contributed by atoms with Gasteiger partial charge in [0.05, 0.1) is 0 Å². The zero-order chi connectivity index (χ0) is 7.56. The first-order valence-electron chi connectivity index (χ1n) is 3.24. The van der Waals surface area contributed by atoms with Crippen molar-refractivity contribution in [1.29, 1.82) is 0 Å². The van der Waals surface area contributed by atoms with Gasteiger partial charge in [-0.05, 0) is 30.5 Å². The number of hydrogen-bond acceptors (Lipinski definition) is 1. The highest BCUT2D eigenvalue weighted by Crippen LogP contribution is 2.10. The molecule has 1 rings (SSSR count). The zero-order valence-corrected chi connectivity index (χ0v) is 6.22. The Hall–Kier alpha value is -0.890. The van der Waals surface area contributed by atoms with Crippen LogP contribution >= 0.6 is 0 Å². The van der Waals surface area contributed by atoms with E-state index in [0.29, 0.717) is 0 Å². The maximum atomic E-state index is 10.5. The Kier molecular flexibility index (Phi) is 2.02. The lowest BCUT2D eigenvalue weighted by molar-refractivity contribution is 0.176. The van der Waals surface area contributed by atoms with Crippen LogP contribution in [-0.4, -0.2) is 4.98 Å². The zero-order valence-electron chi connectivity index (χ0n) is 6.22. The molecule has 1 heterocycles. The Labute approximate surface area is 60.5 Å². The summed E-state index contributed by atoms with van der Waals surface area (Å²) in [5, 5.41) is 10.5. The molecule has 0 aromatic carbocycles. The Bertz CT molecular complexity index is 212.